The first kappa shape index (κ1) is 33.6. The van der Waals surface area contributed by atoms with Gasteiger partial charge in [0.05, 0.1) is 17.6 Å². The van der Waals surface area contributed by atoms with Crippen LogP contribution in [0.25, 0.3) is 66.4 Å². The summed E-state index contributed by atoms with van der Waals surface area (Å²) in [5.41, 5.74) is 19.2. The highest BCUT2D eigenvalue weighted by molar-refractivity contribution is 6.05. The van der Waals surface area contributed by atoms with Gasteiger partial charge >= 0.3 is 0 Å². The Morgan fingerprint density at radius 3 is 1.80 bits per heavy atom. The lowest BCUT2D eigenvalue weighted by Gasteiger charge is -2.31. The molecular weight excluding hydrogens is 665 g/mol. The zero-order chi connectivity index (χ0) is 37.8. The van der Waals surface area contributed by atoms with Crippen LogP contribution in [-0.2, 0) is 5.41 Å². The largest absolute Gasteiger partial charge is 0.193 e. The highest BCUT2D eigenvalue weighted by atomic mass is 14.5. The standard InChI is InChI=1S/C53H36N2/c1-33(31-54)25-35(3)37-11-9-13-39(27-37)41-19-22-44-43(29-41)21-24-48-47-23-20-42(40-14-10-12-38(28-40)36(4)26-34(2)32-55)30-51(47)53(52(44)48)49-17-7-5-15-45(49)46-16-6-8-18-50(46)53/h5-30H,1,4H2,2-3H3/b34-26+,35-25+. The minimum absolute atomic E-state index is 0.443. The molecule has 2 heteroatoms. The summed E-state index contributed by atoms with van der Waals surface area (Å²) in [5, 5.41) is 21.1. The molecular formula is C53H36N2. The molecule has 0 aromatic heterocycles. The summed E-state index contributed by atoms with van der Waals surface area (Å²) in [6, 6.07) is 57.6. The molecule has 2 aliphatic rings. The van der Waals surface area contributed by atoms with Gasteiger partial charge in [-0.25, -0.2) is 0 Å². The Hall–Kier alpha value is -7.26. The van der Waals surface area contributed by atoms with E-state index in [0.29, 0.717) is 11.1 Å². The van der Waals surface area contributed by atoms with Gasteiger partial charge in [0.1, 0.15) is 0 Å². The van der Waals surface area contributed by atoms with E-state index >= 15 is 0 Å². The van der Waals surface area contributed by atoms with Crippen LogP contribution in [0.2, 0.25) is 0 Å². The van der Waals surface area contributed by atoms with Gasteiger partial charge in [-0.15, -0.1) is 0 Å². The first-order chi connectivity index (χ1) is 26.8. The SMILES string of the molecule is C=C(C#N)/C=C(\C)c1cccc(-c2ccc3c4c(ccc3c2)-c2ccc(-c3cccc(C(=C)/C=C(\C)C#N)c3)cc2C42c3ccccc3-c3ccccc32)c1. The number of nitrogens with zero attached hydrogens (tertiary/aromatic N) is 2. The van der Waals surface area contributed by atoms with Gasteiger partial charge in [-0.1, -0.05) is 134 Å². The summed E-state index contributed by atoms with van der Waals surface area (Å²) in [5.74, 6) is 0. The summed E-state index contributed by atoms with van der Waals surface area (Å²) in [7, 11) is 0. The van der Waals surface area contributed by atoms with Crippen molar-refractivity contribution in [2.45, 2.75) is 19.3 Å². The highest BCUT2D eigenvalue weighted by Gasteiger charge is 2.52. The topological polar surface area (TPSA) is 47.6 Å². The maximum absolute atomic E-state index is 9.39. The Kier molecular flexibility index (Phi) is 7.93. The summed E-state index contributed by atoms with van der Waals surface area (Å²) in [4.78, 5) is 0. The van der Waals surface area contributed by atoms with Crippen LogP contribution in [0.4, 0.5) is 0 Å². The molecule has 0 saturated carbocycles. The van der Waals surface area contributed by atoms with E-state index in [4.69, 9.17) is 0 Å². The molecule has 258 valence electrons. The molecule has 7 aromatic rings. The molecule has 0 amide bonds. The molecule has 2 nitrogen and oxygen atoms in total. The molecule has 0 aliphatic heterocycles. The third-order valence-electron chi connectivity index (χ3n) is 11.4. The van der Waals surface area contributed by atoms with Crippen molar-refractivity contribution in [1.29, 1.82) is 10.5 Å². The number of rotatable bonds is 6. The van der Waals surface area contributed by atoms with E-state index in [1.807, 2.05) is 26.0 Å². The van der Waals surface area contributed by atoms with E-state index in [-0.39, 0.29) is 0 Å². The second-order valence-corrected chi connectivity index (χ2v) is 14.6. The molecule has 0 bridgehead atoms. The molecule has 0 atom stereocenters. The fraction of sp³-hybridized carbons (Fsp3) is 0.0566. The zero-order valence-corrected chi connectivity index (χ0v) is 30.8. The smallest absolute Gasteiger partial charge is 0.0985 e. The van der Waals surface area contributed by atoms with Crippen LogP contribution in [0.1, 0.15) is 47.2 Å². The molecule has 7 aromatic carbocycles. The predicted molar refractivity (Wildman–Crippen MR) is 228 cm³/mol. The Morgan fingerprint density at radius 1 is 0.527 bits per heavy atom. The highest BCUT2D eigenvalue weighted by Crippen LogP contribution is 2.64. The molecule has 0 N–H and O–H groups in total. The molecule has 2 aliphatic carbocycles. The van der Waals surface area contributed by atoms with E-state index in [1.54, 1.807) is 0 Å². The first-order valence-electron chi connectivity index (χ1n) is 18.5. The van der Waals surface area contributed by atoms with Crippen molar-refractivity contribution in [3.05, 3.63) is 215 Å². The van der Waals surface area contributed by atoms with Gasteiger partial charge in [0.25, 0.3) is 0 Å². The number of nitriles is 2. The van der Waals surface area contributed by atoms with Crippen molar-refractivity contribution in [2.24, 2.45) is 0 Å². The van der Waals surface area contributed by atoms with Gasteiger partial charge in [0.2, 0.25) is 0 Å². The Morgan fingerprint density at radius 2 is 1.11 bits per heavy atom. The van der Waals surface area contributed by atoms with E-state index in [2.05, 4.69) is 171 Å². The summed E-state index contributed by atoms with van der Waals surface area (Å²) in [6.07, 6.45) is 3.69. The van der Waals surface area contributed by atoms with E-state index < -0.39 is 5.41 Å². The van der Waals surface area contributed by atoms with Gasteiger partial charge < -0.3 is 0 Å². The molecule has 1 spiro atoms. The van der Waals surface area contributed by atoms with Gasteiger partial charge in [0, 0.05) is 11.1 Å². The Balaban J connectivity index is 1.26. The van der Waals surface area contributed by atoms with Crippen LogP contribution >= 0.6 is 0 Å². The molecule has 0 saturated heterocycles. The minimum Gasteiger partial charge on any atom is -0.193 e. The van der Waals surface area contributed by atoms with Crippen LogP contribution in [0.3, 0.4) is 0 Å². The lowest BCUT2D eigenvalue weighted by Crippen LogP contribution is -2.26. The van der Waals surface area contributed by atoms with Crippen LogP contribution in [0.5, 0.6) is 0 Å². The monoisotopic (exact) mass is 700 g/mol. The number of allylic oxidation sites excluding steroid dienone is 6. The summed E-state index contributed by atoms with van der Waals surface area (Å²) >= 11 is 0. The van der Waals surface area contributed by atoms with E-state index in [9.17, 15) is 10.5 Å². The van der Waals surface area contributed by atoms with Crippen LogP contribution in [0, 0.1) is 22.7 Å². The summed E-state index contributed by atoms with van der Waals surface area (Å²) < 4.78 is 0. The molecule has 0 unspecified atom stereocenters. The maximum atomic E-state index is 9.39. The fourth-order valence-corrected chi connectivity index (χ4v) is 8.93. The second kappa shape index (κ2) is 13.0. The molecule has 0 heterocycles. The minimum atomic E-state index is -0.520. The second-order valence-electron chi connectivity index (χ2n) is 14.6. The number of hydrogen-bond donors (Lipinski definition) is 0. The lowest BCUT2D eigenvalue weighted by molar-refractivity contribution is 0.801. The third-order valence-corrected chi connectivity index (χ3v) is 11.4. The number of benzene rings is 7. The molecule has 55 heavy (non-hydrogen) atoms. The van der Waals surface area contributed by atoms with E-state index in [0.717, 1.165) is 44.5 Å². The van der Waals surface area contributed by atoms with Crippen molar-refractivity contribution in [1.82, 2.24) is 0 Å². The normalized spacial score (nSPS) is 13.4. The fourth-order valence-electron chi connectivity index (χ4n) is 8.93. The van der Waals surface area contributed by atoms with Crippen molar-refractivity contribution >= 4 is 21.9 Å². The van der Waals surface area contributed by atoms with Gasteiger partial charge in [0.15, 0.2) is 0 Å². The molecule has 0 fully saturated rings. The average Bonchev–Trinajstić information content (AvgIpc) is 3.70. The number of hydrogen-bond acceptors (Lipinski definition) is 2. The quantitative estimate of drug-likeness (QED) is 0.128. The molecule has 9 rings (SSSR count). The van der Waals surface area contributed by atoms with Gasteiger partial charge in [-0.05, 0) is 150 Å². The average molecular weight is 701 g/mol. The zero-order valence-electron chi connectivity index (χ0n) is 30.8. The third kappa shape index (κ3) is 5.23. The maximum Gasteiger partial charge on any atom is 0.0985 e. The Bertz CT molecular complexity index is 2910. The van der Waals surface area contributed by atoms with Crippen LogP contribution in [0.15, 0.2) is 182 Å². The van der Waals surface area contributed by atoms with Crippen LogP contribution < -0.4 is 0 Å². The van der Waals surface area contributed by atoms with Crippen LogP contribution in [-0.4, -0.2) is 0 Å². The van der Waals surface area contributed by atoms with Gasteiger partial charge in [-0.2, -0.15) is 10.5 Å². The van der Waals surface area contributed by atoms with E-state index in [1.165, 1.54) is 55.3 Å². The predicted octanol–water partition coefficient (Wildman–Crippen LogP) is 13.5. The summed E-state index contributed by atoms with van der Waals surface area (Å²) in [6.45, 7) is 12.0. The van der Waals surface area contributed by atoms with Crippen molar-refractivity contribution < 1.29 is 0 Å². The Labute approximate surface area is 322 Å². The number of fused-ring (bicyclic) bond motifs is 12. The van der Waals surface area contributed by atoms with Crippen molar-refractivity contribution in [2.75, 3.05) is 0 Å². The first-order valence-corrected chi connectivity index (χ1v) is 18.5. The van der Waals surface area contributed by atoms with Crippen molar-refractivity contribution in [3.8, 4) is 56.6 Å². The lowest BCUT2D eigenvalue weighted by atomic mass is 9.69. The molecule has 0 radical (unpaired) electrons. The van der Waals surface area contributed by atoms with Gasteiger partial charge in [-0.3, -0.25) is 0 Å². The van der Waals surface area contributed by atoms with Crippen molar-refractivity contribution in [3.63, 3.8) is 0 Å².